The minimum absolute atomic E-state index is 0.115. The number of carbonyl (C=O) groups excluding carboxylic acids is 1. The number of rotatable bonds is 6. The number of benzene rings is 1. The summed E-state index contributed by atoms with van der Waals surface area (Å²) in [4.78, 5) is 16.2. The SMILES string of the molecule is O=C1COCCN1CCN1CCC(Oc2cccc3c2ccn3C2CCOC2)CC1. The summed E-state index contributed by atoms with van der Waals surface area (Å²) in [6.45, 7) is 7.00. The van der Waals surface area contributed by atoms with Crippen LogP contribution in [0.1, 0.15) is 25.3 Å². The molecule has 0 N–H and O–H groups in total. The van der Waals surface area contributed by atoms with Gasteiger partial charge >= 0.3 is 0 Å². The monoisotopic (exact) mass is 413 g/mol. The number of amides is 1. The molecular formula is C23H31N3O4. The van der Waals surface area contributed by atoms with E-state index in [1.54, 1.807) is 0 Å². The van der Waals surface area contributed by atoms with E-state index in [0.29, 0.717) is 12.6 Å². The lowest BCUT2D eigenvalue weighted by Gasteiger charge is -2.34. The Morgan fingerprint density at radius 2 is 1.90 bits per heavy atom. The molecule has 1 amide bonds. The Morgan fingerprint density at radius 1 is 1.00 bits per heavy atom. The van der Waals surface area contributed by atoms with Gasteiger partial charge in [-0.1, -0.05) is 6.07 Å². The lowest BCUT2D eigenvalue weighted by Crippen LogP contribution is -2.47. The maximum atomic E-state index is 11.9. The van der Waals surface area contributed by atoms with Crippen LogP contribution < -0.4 is 4.74 Å². The smallest absolute Gasteiger partial charge is 0.248 e. The highest BCUT2D eigenvalue weighted by molar-refractivity contribution is 5.86. The summed E-state index contributed by atoms with van der Waals surface area (Å²) in [5.74, 6) is 1.10. The fourth-order valence-corrected chi connectivity index (χ4v) is 4.80. The van der Waals surface area contributed by atoms with E-state index in [2.05, 4.69) is 39.9 Å². The normalized spacial score (nSPS) is 24.1. The Balaban J connectivity index is 1.16. The summed E-state index contributed by atoms with van der Waals surface area (Å²) in [7, 11) is 0. The number of aromatic nitrogens is 1. The molecule has 3 aliphatic heterocycles. The number of piperidine rings is 1. The van der Waals surface area contributed by atoms with Crippen LogP contribution >= 0.6 is 0 Å². The third-order valence-electron chi connectivity index (χ3n) is 6.62. The Bertz CT molecular complexity index is 868. The largest absolute Gasteiger partial charge is 0.490 e. The third kappa shape index (κ3) is 4.19. The van der Waals surface area contributed by atoms with Crippen molar-refractivity contribution in [2.45, 2.75) is 31.4 Å². The van der Waals surface area contributed by atoms with Crippen molar-refractivity contribution in [3.8, 4) is 5.75 Å². The predicted octanol–water partition coefficient (Wildman–Crippen LogP) is 2.30. The van der Waals surface area contributed by atoms with Crippen LogP contribution in [0.4, 0.5) is 0 Å². The molecule has 3 saturated heterocycles. The molecule has 0 saturated carbocycles. The fourth-order valence-electron chi connectivity index (χ4n) is 4.80. The van der Waals surface area contributed by atoms with Gasteiger partial charge in [0.2, 0.25) is 5.91 Å². The van der Waals surface area contributed by atoms with Crippen molar-refractivity contribution in [1.29, 1.82) is 0 Å². The number of hydrogen-bond donors (Lipinski definition) is 0. The van der Waals surface area contributed by atoms with Gasteiger partial charge < -0.3 is 28.6 Å². The first-order chi connectivity index (χ1) is 14.8. The van der Waals surface area contributed by atoms with Crippen LogP contribution in [0.25, 0.3) is 10.9 Å². The topological polar surface area (TPSA) is 56.2 Å². The van der Waals surface area contributed by atoms with E-state index < -0.39 is 0 Å². The van der Waals surface area contributed by atoms with Gasteiger partial charge in [-0.25, -0.2) is 0 Å². The average Bonchev–Trinajstić information content (AvgIpc) is 3.44. The Hall–Kier alpha value is -2.09. The molecule has 0 radical (unpaired) electrons. The molecule has 2 aromatic rings. The highest BCUT2D eigenvalue weighted by Crippen LogP contribution is 2.32. The summed E-state index contributed by atoms with van der Waals surface area (Å²) in [5.41, 5.74) is 1.23. The van der Waals surface area contributed by atoms with Crippen molar-refractivity contribution in [3.05, 3.63) is 30.5 Å². The maximum Gasteiger partial charge on any atom is 0.248 e. The van der Waals surface area contributed by atoms with Gasteiger partial charge in [-0.05, 0) is 37.5 Å². The van der Waals surface area contributed by atoms with E-state index in [1.165, 1.54) is 10.9 Å². The van der Waals surface area contributed by atoms with Gasteiger partial charge in [0, 0.05) is 50.9 Å². The van der Waals surface area contributed by atoms with E-state index in [0.717, 1.165) is 70.9 Å². The number of morpholine rings is 1. The lowest BCUT2D eigenvalue weighted by molar-refractivity contribution is -0.142. The molecular weight excluding hydrogens is 382 g/mol. The van der Waals surface area contributed by atoms with Gasteiger partial charge in [0.25, 0.3) is 0 Å². The number of carbonyl (C=O) groups is 1. The number of fused-ring (bicyclic) bond motifs is 1. The Labute approximate surface area is 177 Å². The summed E-state index contributed by atoms with van der Waals surface area (Å²) in [6, 6.07) is 8.97. The second kappa shape index (κ2) is 8.96. The minimum Gasteiger partial charge on any atom is -0.490 e. The standard InChI is InChI=1S/C23H31N3O4/c27-23-17-29-15-13-25(23)12-11-24-8-4-19(5-9-24)30-22-3-1-2-21-20(22)6-10-26(21)18-7-14-28-16-18/h1-3,6,10,18-19H,4-5,7-9,11-17H2. The summed E-state index contributed by atoms with van der Waals surface area (Å²) < 4.78 is 19.6. The van der Waals surface area contributed by atoms with Crippen LogP contribution in [-0.2, 0) is 14.3 Å². The number of ether oxygens (including phenoxy) is 3. The molecule has 0 bridgehead atoms. The van der Waals surface area contributed by atoms with E-state index >= 15 is 0 Å². The molecule has 0 spiro atoms. The number of likely N-dealkylation sites (tertiary alicyclic amines) is 1. The molecule has 4 heterocycles. The fraction of sp³-hybridized carbons (Fsp3) is 0.609. The predicted molar refractivity (Wildman–Crippen MR) is 114 cm³/mol. The highest BCUT2D eigenvalue weighted by Gasteiger charge is 2.24. The molecule has 1 aromatic carbocycles. The second-order valence-electron chi connectivity index (χ2n) is 8.52. The van der Waals surface area contributed by atoms with Crippen molar-refractivity contribution in [3.63, 3.8) is 0 Å². The van der Waals surface area contributed by atoms with Gasteiger partial charge in [-0.2, -0.15) is 0 Å². The van der Waals surface area contributed by atoms with E-state index in [1.807, 2.05) is 4.90 Å². The van der Waals surface area contributed by atoms with Crippen LogP contribution in [0, 0.1) is 0 Å². The summed E-state index contributed by atoms with van der Waals surface area (Å²) >= 11 is 0. The molecule has 7 heteroatoms. The Morgan fingerprint density at radius 3 is 2.70 bits per heavy atom. The molecule has 1 atom stereocenters. The van der Waals surface area contributed by atoms with Gasteiger partial charge in [0.05, 0.1) is 24.8 Å². The quantitative estimate of drug-likeness (QED) is 0.728. The van der Waals surface area contributed by atoms with Gasteiger partial charge in [0.15, 0.2) is 0 Å². The highest BCUT2D eigenvalue weighted by atomic mass is 16.5. The molecule has 1 unspecified atom stereocenters. The number of nitrogens with zero attached hydrogens (tertiary/aromatic N) is 3. The third-order valence-corrected chi connectivity index (χ3v) is 6.62. The molecule has 0 aliphatic carbocycles. The van der Waals surface area contributed by atoms with Crippen molar-refractivity contribution in [2.75, 3.05) is 59.2 Å². The van der Waals surface area contributed by atoms with Gasteiger partial charge in [0.1, 0.15) is 18.5 Å². The minimum atomic E-state index is 0.115. The molecule has 3 fully saturated rings. The first-order valence-electron chi connectivity index (χ1n) is 11.2. The zero-order valence-corrected chi connectivity index (χ0v) is 17.5. The number of hydrogen-bond acceptors (Lipinski definition) is 5. The first-order valence-corrected chi connectivity index (χ1v) is 11.2. The first kappa shape index (κ1) is 19.8. The zero-order chi connectivity index (χ0) is 20.3. The van der Waals surface area contributed by atoms with Crippen LogP contribution in [-0.4, -0.2) is 85.5 Å². The lowest BCUT2D eigenvalue weighted by atomic mass is 10.1. The van der Waals surface area contributed by atoms with Crippen LogP contribution in [0.15, 0.2) is 30.5 Å². The van der Waals surface area contributed by atoms with Crippen molar-refractivity contribution in [2.24, 2.45) is 0 Å². The van der Waals surface area contributed by atoms with Crippen LogP contribution in [0.3, 0.4) is 0 Å². The van der Waals surface area contributed by atoms with Gasteiger partial charge in [-0.15, -0.1) is 0 Å². The molecule has 3 aliphatic rings. The Kier molecular flexibility index (Phi) is 5.93. The van der Waals surface area contributed by atoms with Gasteiger partial charge in [-0.3, -0.25) is 4.79 Å². The van der Waals surface area contributed by atoms with Crippen molar-refractivity contribution in [1.82, 2.24) is 14.4 Å². The summed E-state index contributed by atoms with van der Waals surface area (Å²) in [5, 5.41) is 1.19. The average molecular weight is 414 g/mol. The molecule has 30 heavy (non-hydrogen) atoms. The van der Waals surface area contributed by atoms with Crippen molar-refractivity contribution < 1.29 is 19.0 Å². The molecule has 1 aromatic heterocycles. The summed E-state index contributed by atoms with van der Waals surface area (Å²) in [6.07, 6.45) is 5.53. The van der Waals surface area contributed by atoms with E-state index in [9.17, 15) is 4.79 Å². The van der Waals surface area contributed by atoms with Crippen LogP contribution in [0.5, 0.6) is 5.75 Å². The molecule has 7 nitrogen and oxygen atoms in total. The second-order valence-corrected chi connectivity index (χ2v) is 8.52. The zero-order valence-electron chi connectivity index (χ0n) is 17.5. The van der Waals surface area contributed by atoms with Crippen molar-refractivity contribution >= 4 is 16.8 Å². The van der Waals surface area contributed by atoms with Crippen LogP contribution in [0.2, 0.25) is 0 Å². The maximum absolute atomic E-state index is 11.9. The molecule has 162 valence electrons. The molecule has 5 rings (SSSR count). The van der Waals surface area contributed by atoms with E-state index in [-0.39, 0.29) is 18.6 Å². The van der Waals surface area contributed by atoms with E-state index in [4.69, 9.17) is 14.2 Å².